The van der Waals surface area contributed by atoms with Crippen LogP contribution in [0.1, 0.15) is 64.5 Å². The fraction of sp³-hybridized carbons (Fsp3) is 0.778. The lowest BCUT2D eigenvalue weighted by molar-refractivity contribution is -0.311. The molecule has 2 unspecified atom stereocenters. The number of hydrogen-bond donors (Lipinski definition) is 1. The molecular formula is C27H39NO4. The molecule has 2 spiro atoms. The Morgan fingerprint density at radius 3 is 2.53 bits per heavy atom. The Morgan fingerprint density at radius 1 is 1.12 bits per heavy atom. The molecule has 4 bridgehead atoms. The minimum absolute atomic E-state index is 0.00253. The summed E-state index contributed by atoms with van der Waals surface area (Å²) in [6, 6.07) is 4.82. The zero-order valence-electron chi connectivity index (χ0n) is 20.7. The third kappa shape index (κ3) is 2.01. The van der Waals surface area contributed by atoms with E-state index in [1.165, 1.54) is 11.1 Å². The van der Waals surface area contributed by atoms with Crippen LogP contribution < -0.4 is 9.47 Å². The Labute approximate surface area is 192 Å². The number of nitrogens with zero attached hydrogens (tertiary/aromatic N) is 1. The zero-order valence-corrected chi connectivity index (χ0v) is 20.7. The molecule has 0 radical (unpaired) electrons. The second-order valence-electron chi connectivity index (χ2n) is 12.5. The van der Waals surface area contributed by atoms with Gasteiger partial charge in [0.2, 0.25) is 0 Å². The van der Waals surface area contributed by atoms with Crippen molar-refractivity contribution in [2.75, 3.05) is 27.8 Å². The quantitative estimate of drug-likeness (QED) is 0.770. The van der Waals surface area contributed by atoms with Crippen molar-refractivity contribution in [2.24, 2.45) is 16.7 Å². The van der Waals surface area contributed by atoms with Crippen LogP contribution in [-0.4, -0.2) is 61.2 Å². The second-order valence-corrected chi connectivity index (χ2v) is 12.5. The summed E-state index contributed by atoms with van der Waals surface area (Å²) in [6.07, 6.45) is 5.07. The number of benzene rings is 1. The number of likely N-dealkylation sites (tertiary alicyclic amines) is 1. The van der Waals surface area contributed by atoms with E-state index in [2.05, 4.69) is 44.9 Å². The van der Waals surface area contributed by atoms with Gasteiger partial charge < -0.3 is 24.2 Å². The van der Waals surface area contributed by atoms with Crippen molar-refractivity contribution in [1.29, 1.82) is 0 Å². The van der Waals surface area contributed by atoms with Gasteiger partial charge in [0.1, 0.15) is 11.7 Å². The molecule has 4 aliphatic carbocycles. The van der Waals surface area contributed by atoms with Crippen LogP contribution in [0.15, 0.2) is 12.1 Å². The molecule has 3 saturated carbocycles. The van der Waals surface area contributed by atoms with Crippen LogP contribution in [0.5, 0.6) is 11.5 Å². The van der Waals surface area contributed by atoms with Gasteiger partial charge in [-0.15, -0.1) is 0 Å². The van der Waals surface area contributed by atoms with Crippen LogP contribution >= 0.6 is 0 Å². The molecule has 0 aromatic heterocycles. The highest BCUT2D eigenvalue weighted by Gasteiger charge is 2.82. The van der Waals surface area contributed by atoms with E-state index >= 15 is 0 Å². The van der Waals surface area contributed by atoms with Crippen molar-refractivity contribution < 1.29 is 19.3 Å². The fourth-order valence-electron chi connectivity index (χ4n) is 9.01. The van der Waals surface area contributed by atoms with Crippen molar-refractivity contribution >= 4 is 0 Å². The smallest absolute Gasteiger partial charge is 0.165 e. The van der Waals surface area contributed by atoms with Gasteiger partial charge in [-0.05, 0) is 69.7 Å². The average molecular weight is 442 g/mol. The van der Waals surface area contributed by atoms with E-state index < -0.39 is 11.2 Å². The largest absolute Gasteiger partial charge is 0.493 e. The predicted octanol–water partition coefficient (Wildman–Crippen LogP) is 3.94. The van der Waals surface area contributed by atoms with Crippen molar-refractivity contribution in [3.63, 3.8) is 0 Å². The van der Waals surface area contributed by atoms with E-state index in [-0.39, 0.29) is 28.3 Å². The van der Waals surface area contributed by atoms with Gasteiger partial charge in [0.15, 0.2) is 11.5 Å². The Kier molecular flexibility index (Phi) is 4.00. The second kappa shape index (κ2) is 6.03. The Morgan fingerprint density at radius 2 is 1.88 bits per heavy atom. The maximum absolute atomic E-state index is 12.1. The number of piperidine rings is 1. The topological polar surface area (TPSA) is 51.2 Å². The monoisotopic (exact) mass is 441 g/mol. The number of ether oxygens (including phenoxy) is 3. The molecule has 5 heteroatoms. The molecule has 1 saturated heterocycles. The SMILES string of the molecule is COc1ccc2c3c1O[C@H]1[C@@]4(OC)CC[C@@]5(C[C@@H]4C(C)(O)C(C)(C)C)C(C2)N(C)CC[C@]315. The van der Waals surface area contributed by atoms with Crippen LogP contribution in [0.2, 0.25) is 0 Å². The minimum Gasteiger partial charge on any atom is -0.493 e. The normalized spacial score (nSPS) is 43.4. The summed E-state index contributed by atoms with van der Waals surface area (Å²) >= 11 is 0. The first kappa shape index (κ1) is 21.2. The predicted molar refractivity (Wildman–Crippen MR) is 123 cm³/mol. The van der Waals surface area contributed by atoms with Gasteiger partial charge in [-0.2, -0.15) is 0 Å². The van der Waals surface area contributed by atoms with Gasteiger partial charge in [-0.25, -0.2) is 0 Å². The summed E-state index contributed by atoms with van der Waals surface area (Å²) < 4.78 is 19.4. The zero-order chi connectivity index (χ0) is 22.9. The van der Waals surface area contributed by atoms with Crippen LogP contribution in [0, 0.1) is 16.7 Å². The minimum atomic E-state index is -0.882. The lowest BCUT2D eigenvalue weighted by Gasteiger charge is -2.75. The highest BCUT2D eigenvalue weighted by Crippen LogP contribution is 2.77. The van der Waals surface area contributed by atoms with Crippen LogP contribution in [-0.2, 0) is 16.6 Å². The highest BCUT2D eigenvalue weighted by atomic mass is 16.6. The lowest BCUT2D eigenvalue weighted by atomic mass is 9.33. The van der Waals surface area contributed by atoms with Crippen LogP contribution in [0.3, 0.4) is 0 Å². The average Bonchev–Trinajstić information content (AvgIpc) is 3.12. The van der Waals surface area contributed by atoms with Crippen molar-refractivity contribution in [1.82, 2.24) is 4.90 Å². The van der Waals surface area contributed by atoms with Gasteiger partial charge in [0.25, 0.3) is 0 Å². The summed E-state index contributed by atoms with van der Waals surface area (Å²) in [5.74, 6) is 1.79. The molecule has 1 N–H and O–H groups in total. The van der Waals surface area contributed by atoms with Crippen LogP contribution in [0.25, 0.3) is 0 Å². The standard InChI is InChI=1S/C27H39NO4/c1-23(2,3)24(4,29)18-15-25-10-11-27(18,31-7)22-26(25)12-13-28(5)19(25)14-16-8-9-17(30-6)21(32-22)20(16)26/h8-9,18-19,22,29H,10-15H2,1-7H3/t18-,19?,22-,24?,25-,26+,27-/m1/s1. The Bertz CT molecular complexity index is 983. The summed E-state index contributed by atoms with van der Waals surface area (Å²) in [6.45, 7) is 9.59. The molecule has 176 valence electrons. The van der Waals surface area contributed by atoms with E-state index in [4.69, 9.17) is 14.2 Å². The summed E-state index contributed by atoms with van der Waals surface area (Å²) in [4.78, 5) is 2.60. The molecule has 5 nitrogen and oxygen atoms in total. The van der Waals surface area contributed by atoms with E-state index in [1.807, 2.05) is 14.0 Å². The van der Waals surface area contributed by atoms with Gasteiger partial charge in [0.05, 0.1) is 12.7 Å². The maximum Gasteiger partial charge on any atom is 0.165 e. The van der Waals surface area contributed by atoms with E-state index in [1.54, 1.807) is 7.11 Å². The molecule has 6 aliphatic rings. The van der Waals surface area contributed by atoms with Crippen molar-refractivity contribution in [3.05, 3.63) is 23.3 Å². The van der Waals surface area contributed by atoms with Crippen LogP contribution in [0.4, 0.5) is 0 Å². The van der Waals surface area contributed by atoms with Gasteiger partial charge >= 0.3 is 0 Å². The molecule has 2 heterocycles. The molecule has 1 aromatic carbocycles. The number of aliphatic hydroxyl groups is 1. The molecule has 32 heavy (non-hydrogen) atoms. The number of fused-ring (bicyclic) bond motifs is 2. The first-order valence-electron chi connectivity index (χ1n) is 12.3. The maximum atomic E-state index is 12.1. The summed E-state index contributed by atoms with van der Waals surface area (Å²) in [5.41, 5.74) is 1.17. The van der Waals surface area contributed by atoms with E-state index in [0.29, 0.717) is 6.04 Å². The fourth-order valence-corrected chi connectivity index (χ4v) is 9.01. The van der Waals surface area contributed by atoms with E-state index in [9.17, 15) is 5.11 Å². The number of likely N-dealkylation sites (N-methyl/N-ethyl adjacent to an activating group) is 1. The molecule has 0 amide bonds. The number of methoxy groups -OCH3 is 2. The first-order valence-corrected chi connectivity index (χ1v) is 12.3. The first-order chi connectivity index (χ1) is 15.0. The molecule has 4 fully saturated rings. The third-order valence-electron chi connectivity index (χ3n) is 11.0. The molecule has 1 aromatic rings. The molecular weight excluding hydrogens is 402 g/mol. The Hall–Kier alpha value is -1.30. The van der Waals surface area contributed by atoms with Gasteiger partial charge in [0, 0.05) is 35.5 Å². The molecule has 7 atom stereocenters. The number of rotatable bonds is 3. The highest BCUT2D eigenvalue weighted by molar-refractivity contribution is 5.63. The Balaban J connectivity index is 1.65. The summed E-state index contributed by atoms with van der Waals surface area (Å²) in [7, 11) is 5.89. The summed E-state index contributed by atoms with van der Waals surface area (Å²) in [5, 5.41) is 12.1. The number of hydrogen-bond acceptors (Lipinski definition) is 5. The van der Waals surface area contributed by atoms with Crippen molar-refractivity contribution in [2.45, 2.75) is 88.6 Å². The molecule has 2 aliphatic heterocycles. The lowest BCUT2D eigenvalue weighted by Crippen LogP contribution is -2.83. The van der Waals surface area contributed by atoms with Gasteiger partial charge in [-0.1, -0.05) is 26.8 Å². The molecule has 7 rings (SSSR count). The third-order valence-corrected chi connectivity index (χ3v) is 11.0. The van der Waals surface area contributed by atoms with Gasteiger partial charge in [-0.3, -0.25) is 0 Å². The van der Waals surface area contributed by atoms with Crippen molar-refractivity contribution in [3.8, 4) is 11.5 Å². The van der Waals surface area contributed by atoms with E-state index in [0.717, 1.165) is 50.1 Å².